The summed E-state index contributed by atoms with van der Waals surface area (Å²) in [5.74, 6) is -0.0571. The minimum atomic E-state index is -0.0571. The van der Waals surface area contributed by atoms with Crippen molar-refractivity contribution in [1.82, 2.24) is 10.3 Å². The van der Waals surface area contributed by atoms with E-state index in [1.165, 1.54) is 0 Å². The lowest BCUT2D eigenvalue weighted by atomic mass is 10.2. The van der Waals surface area contributed by atoms with Gasteiger partial charge in [-0.15, -0.1) is 0 Å². The minimum Gasteiger partial charge on any atom is -0.382 e. The van der Waals surface area contributed by atoms with Crippen LogP contribution in [0.5, 0.6) is 0 Å². The van der Waals surface area contributed by atoms with Crippen LogP contribution >= 0.6 is 0 Å². The molecule has 0 bridgehead atoms. The van der Waals surface area contributed by atoms with Crippen molar-refractivity contribution in [3.05, 3.63) is 24.0 Å². The number of rotatable bonds is 6. The largest absolute Gasteiger partial charge is 0.382 e. The highest BCUT2D eigenvalue weighted by Crippen LogP contribution is 2.09. The molecule has 4 heteroatoms. The van der Waals surface area contributed by atoms with Crippen molar-refractivity contribution in [2.45, 2.75) is 39.7 Å². The van der Waals surface area contributed by atoms with Crippen LogP contribution in [0.4, 0.5) is 5.69 Å². The molecule has 0 saturated carbocycles. The van der Waals surface area contributed by atoms with E-state index in [0.717, 1.165) is 25.1 Å². The Morgan fingerprint density at radius 2 is 2.18 bits per heavy atom. The number of nitrogens with zero attached hydrogens (tertiary/aromatic N) is 1. The number of hydrogen-bond donors (Lipinski definition) is 2. The Kier molecular flexibility index (Phi) is 5.46. The van der Waals surface area contributed by atoms with Gasteiger partial charge in [0.05, 0.1) is 11.3 Å². The average molecular weight is 235 g/mol. The van der Waals surface area contributed by atoms with E-state index in [4.69, 9.17) is 0 Å². The van der Waals surface area contributed by atoms with Gasteiger partial charge in [0.1, 0.15) is 0 Å². The quantitative estimate of drug-likeness (QED) is 0.745. The summed E-state index contributed by atoms with van der Waals surface area (Å²) in [4.78, 5) is 15.8. The molecule has 0 radical (unpaired) electrons. The lowest BCUT2D eigenvalue weighted by Crippen LogP contribution is -2.24. The number of anilines is 1. The number of unbranched alkanes of at least 4 members (excludes halogenated alkanes) is 1. The summed E-state index contributed by atoms with van der Waals surface area (Å²) < 4.78 is 0. The zero-order chi connectivity index (χ0) is 12.7. The molecule has 94 valence electrons. The van der Waals surface area contributed by atoms with Gasteiger partial charge in [-0.3, -0.25) is 9.78 Å². The molecule has 0 aliphatic heterocycles. The second-order valence-electron chi connectivity index (χ2n) is 4.37. The monoisotopic (exact) mass is 235 g/mol. The van der Waals surface area contributed by atoms with Crippen LogP contribution in [0.15, 0.2) is 18.5 Å². The maximum atomic E-state index is 11.8. The van der Waals surface area contributed by atoms with Crippen LogP contribution in [0, 0.1) is 0 Å². The van der Waals surface area contributed by atoms with Gasteiger partial charge in [-0.1, -0.05) is 13.3 Å². The first kappa shape index (κ1) is 13.5. The lowest BCUT2D eigenvalue weighted by molar-refractivity contribution is 0.0953. The van der Waals surface area contributed by atoms with Crippen molar-refractivity contribution in [3.63, 3.8) is 0 Å². The Morgan fingerprint density at radius 1 is 1.41 bits per heavy atom. The van der Waals surface area contributed by atoms with Crippen molar-refractivity contribution >= 4 is 11.6 Å². The third kappa shape index (κ3) is 4.85. The number of carbonyl (C=O) groups is 1. The van der Waals surface area contributed by atoms with Gasteiger partial charge in [0.25, 0.3) is 5.91 Å². The third-order valence-corrected chi connectivity index (χ3v) is 2.27. The number of hydrogen-bond acceptors (Lipinski definition) is 3. The lowest BCUT2D eigenvalue weighted by Gasteiger charge is -2.10. The number of aromatic nitrogens is 1. The van der Waals surface area contributed by atoms with Crippen LogP contribution in [0.1, 0.15) is 44.0 Å². The Bertz CT molecular complexity index is 363. The fraction of sp³-hybridized carbons (Fsp3) is 0.538. The van der Waals surface area contributed by atoms with Crippen LogP contribution in [0.3, 0.4) is 0 Å². The molecule has 0 unspecified atom stereocenters. The van der Waals surface area contributed by atoms with Crippen LogP contribution in [0.25, 0.3) is 0 Å². The first-order chi connectivity index (χ1) is 8.13. The molecule has 1 heterocycles. The fourth-order valence-electron chi connectivity index (χ4n) is 1.46. The number of pyridine rings is 1. The molecule has 0 aliphatic carbocycles. The summed E-state index contributed by atoms with van der Waals surface area (Å²) in [6, 6.07) is 2.16. The number of nitrogens with one attached hydrogen (secondary N) is 2. The molecule has 1 amide bonds. The average Bonchev–Trinajstić information content (AvgIpc) is 2.28. The highest BCUT2D eigenvalue weighted by atomic mass is 16.1. The molecule has 1 aromatic rings. The van der Waals surface area contributed by atoms with Crippen molar-refractivity contribution in [2.24, 2.45) is 0 Å². The van der Waals surface area contributed by atoms with Crippen molar-refractivity contribution < 1.29 is 4.79 Å². The van der Waals surface area contributed by atoms with E-state index >= 15 is 0 Å². The van der Waals surface area contributed by atoms with Gasteiger partial charge in [-0.2, -0.15) is 0 Å². The second-order valence-corrected chi connectivity index (χ2v) is 4.37. The third-order valence-electron chi connectivity index (χ3n) is 2.27. The van der Waals surface area contributed by atoms with E-state index in [2.05, 4.69) is 22.5 Å². The van der Waals surface area contributed by atoms with E-state index in [-0.39, 0.29) is 5.91 Å². The van der Waals surface area contributed by atoms with Crippen LogP contribution in [-0.4, -0.2) is 23.5 Å². The van der Waals surface area contributed by atoms with Gasteiger partial charge in [-0.05, 0) is 26.3 Å². The van der Waals surface area contributed by atoms with Gasteiger partial charge < -0.3 is 10.6 Å². The topological polar surface area (TPSA) is 54.0 Å². The summed E-state index contributed by atoms with van der Waals surface area (Å²) in [6.45, 7) is 6.92. The molecular weight excluding hydrogens is 214 g/mol. The van der Waals surface area contributed by atoms with E-state index in [0.29, 0.717) is 11.6 Å². The van der Waals surface area contributed by atoms with E-state index < -0.39 is 0 Å². The van der Waals surface area contributed by atoms with Gasteiger partial charge in [0, 0.05) is 25.0 Å². The van der Waals surface area contributed by atoms with Gasteiger partial charge in [0.2, 0.25) is 0 Å². The first-order valence-electron chi connectivity index (χ1n) is 6.13. The van der Waals surface area contributed by atoms with Crippen LogP contribution < -0.4 is 10.6 Å². The summed E-state index contributed by atoms with van der Waals surface area (Å²) in [7, 11) is 0. The minimum absolute atomic E-state index is 0.0571. The Labute approximate surface area is 103 Å². The van der Waals surface area contributed by atoms with Gasteiger partial charge >= 0.3 is 0 Å². The zero-order valence-electron chi connectivity index (χ0n) is 10.8. The summed E-state index contributed by atoms with van der Waals surface area (Å²) in [6.07, 6.45) is 5.40. The Hall–Kier alpha value is -1.58. The Morgan fingerprint density at radius 3 is 2.82 bits per heavy atom. The first-order valence-corrected chi connectivity index (χ1v) is 6.13. The van der Waals surface area contributed by atoms with Gasteiger partial charge in [-0.25, -0.2) is 0 Å². The fourth-order valence-corrected chi connectivity index (χ4v) is 1.46. The molecule has 1 rings (SSSR count). The van der Waals surface area contributed by atoms with Crippen molar-refractivity contribution in [2.75, 3.05) is 11.9 Å². The molecule has 4 nitrogen and oxygen atoms in total. The summed E-state index contributed by atoms with van der Waals surface area (Å²) >= 11 is 0. The standard InChI is InChI=1S/C13H21N3O/c1-4-5-6-15-13(17)11-7-12(9-14-8-11)16-10(2)3/h7-10,16H,4-6H2,1-3H3,(H,15,17). The predicted octanol–water partition coefficient (Wildman–Crippen LogP) is 2.43. The Balaban J connectivity index is 2.60. The van der Waals surface area contributed by atoms with Crippen molar-refractivity contribution in [3.8, 4) is 0 Å². The molecule has 0 aromatic carbocycles. The molecule has 0 aliphatic rings. The van der Waals surface area contributed by atoms with E-state index in [1.807, 2.05) is 19.9 Å². The predicted molar refractivity (Wildman–Crippen MR) is 70.2 cm³/mol. The number of amides is 1. The molecule has 17 heavy (non-hydrogen) atoms. The zero-order valence-corrected chi connectivity index (χ0v) is 10.8. The maximum absolute atomic E-state index is 11.8. The normalized spacial score (nSPS) is 10.4. The van der Waals surface area contributed by atoms with Gasteiger partial charge in [0.15, 0.2) is 0 Å². The molecule has 0 spiro atoms. The molecular formula is C13H21N3O. The molecule has 0 saturated heterocycles. The SMILES string of the molecule is CCCCNC(=O)c1cncc(NC(C)C)c1. The molecule has 0 atom stereocenters. The summed E-state index contributed by atoms with van der Waals surface area (Å²) in [5.41, 5.74) is 1.48. The second kappa shape index (κ2) is 6.89. The molecule has 2 N–H and O–H groups in total. The highest BCUT2D eigenvalue weighted by Gasteiger charge is 2.06. The maximum Gasteiger partial charge on any atom is 0.252 e. The van der Waals surface area contributed by atoms with Crippen LogP contribution in [0.2, 0.25) is 0 Å². The smallest absolute Gasteiger partial charge is 0.252 e. The van der Waals surface area contributed by atoms with Crippen molar-refractivity contribution in [1.29, 1.82) is 0 Å². The highest BCUT2D eigenvalue weighted by molar-refractivity contribution is 5.94. The number of carbonyl (C=O) groups excluding carboxylic acids is 1. The summed E-state index contributed by atoms with van der Waals surface area (Å²) in [5, 5.41) is 6.10. The van der Waals surface area contributed by atoms with Crippen LogP contribution in [-0.2, 0) is 0 Å². The van der Waals surface area contributed by atoms with E-state index in [9.17, 15) is 4.79 Å². The van der Waals surface area contributed by atoms with E-state index in [1.54, 1.807) is 12.4 Å². The molecule has 0 fully saturated rings. The molecule has 1 aromatic heterocycles.